The van der Waals surface area contributed by atoms with Gasteiger partial charge in [0.15, 0.2) is 0 Å². The maximum atomic E-state index is 2.70. The van der Waals surface area contributed by atoms with E-state index in [4.69, 9.17) is 0 Å². The van der Waals surface area contributed by atoms with E-state index in [-0.39, 0.29) is 0 Å². The van der Waals surface area contributed by atoms with Crippen LogP contribution >= 0.6 is 0 Å². The first-order valence-electron chi connectivity index (χ1n) is 8.05. The Hall–Kier alpha value is -0.606. The van der Waals surface area contributed by atoms with E-state index in [1.165, 1.54) is 25.7 Å². The molecule has 0 fully saturated rings. The lowest BCUT2D eigenvalue weighted by atomic mass is 10.2. The summed E-state index contributed by atoms with van der Waals surface area (Å²) >= 11 is 0. The maximum Gasteiger partial charge on any atom is 0.106 e. The van der Waals surface area contributed by atoms with E-state index in [9.17, 15) is 0 Å². The number of benzene rings is 1. The Morgan fingerprint density at radius 2 is 1.55 bits per heavy atom. The predicted octanol–water partition coefficient (Wildman–Crippen LogP) is 5.53. The quantitative estimate of drug-likeness (QED) is 0.459. The molecular formula is C18H32Si2. The van der Waals surface area contributed by atoms with Crippen LogP contribution in [0.15, 0.2) is 41.2 Å². The van der Waals surface area contributed by atoms with Gasteiger partial charge in [-0.05, 0) is 12.8 Å². The summed E-state index contributed by atoms with van der Waals surface area (Å²) in [5, 5.41) is 3.37. The Balaban J connectivity index is 3.06. The van der Waals surface area contributed by atoms with Gasteiger partial charge in [0.2, 0.25) is 0 Å². The Labute approximate surface area is 128 Å². The van der Waals surface area contributed by atoms with E-state index in [0.29, 0.717) is 0 Å². The zero-order chi connectivity index (χ0) is 15.2. The third-order valence-electron chi connectivity index (χ3n) is 3.96. The Morgan fingerprint density at radius 1 is 0.950 bits per heavy atom. The molecule has 0 radical (unpaired) electrons. The maximum absolute atomic E-state index is 2.70. The van der Waals surface area contributed by atoms with Gasteiger partial charge in [0.05, 0.1) is 8.07 Å². The molecular weight excluding hydrogens is 272 g/mol. The van der Waals surface area contributed by atoms with Crippen LogP contribution in [-0.4, -0.2) is 16.1 Å². The van der Waals surface area contributed by atoms with Gasteiger partial charge in [0.1, 0.15) is 8.07 Å². The fraction of sp³-hybridized carbons (Fsp3) is 0.556. The predicted molar refractivity (Wildman–Crippen MR) is 99.1 cm³/mol. The van der Waals surface area contributed by atoms with E-state index < -0.39 is 16.1 Å². The lowest BCUT2D eigenvalue weighted by Gasteiger charge is -2.29. The van der Waals surface area contributed by atoms with Crippen LogP contribution in [-0.2, 0) is 0 Å². The molecule has 0 aliphatic rings. The van der Waals surface area contributed by atoms with Gasteiger partial charge in [-0.25, -0.2) is 0 Å². The lowest BCUT2D eigenvalue weighted by Crippen LogP contribution is -2.44. The van der Waals surface area contributed by atoms with Gasteiger partial charge in [-0.1, -0.05) is 98.9 Å². The normalized spacial score (nSPS) is 13.6. The van der Waals surface area contributed by atoms with Crippen molar-refractivity contribution >= 4 is 21.3 Å². The van der Waals surface area contributed by atoms with Gasteiger partial charge in [0.25, 0.3) is 0 Å². The minimum Gasteiger partial charge on any atom is -0.0992 e. The van der Waals surface area contributed by atoms with Crippen LogP contribution in [0, 0.1) is 0 Å². The summed E-state index contributed by atoms with van der Waals surface area (Å²) in [6.07, 6.45) is 5.35. The first-order chi connectivity index (χ1) is 9.27. The van der Waals surface area contributed by atoms with Crippen LogP contribution in [0.25, 0.3) is 0 Å². The molecule has 1 aromatic carbocycles. The molecule has 0 saturated carbocycles. The highest BCUT2D eigenvalue weighted by Crippen LogP contribution is 2.24. The molecule has 0 N–H and O–H groups in total. The smallest absolute Gasteiger partial charge is 0.0992 e. The topological polar surface area (TPSA) is 0 Å². The molecule has 0 bridgehead atoms. The average molecular weight is 305 g/mol. The first kappa shape index (κ1) is 17.4. The molecule has 0 nitrogen and oxygen atoms in total. The van der Waals surface area contributed by atoms with Crippen LogP contribution in [0.4, 0.5) is 0 Å². The van der Waals surface area contributed by atoms with Gasteiger partial charge >= 0.3 is 0 Å². The summed E-state index contributed by atoms with van der Waals surface area (Å²) in [6, 6.07) is 11.2. The van der Waals surface area contributed by atoms with E-state index in [2.05, 4.69) is 75.7 Å². The van der Waals surface area contributed by atoms with Crippen molar-refractivity contribution in [2.75, 3.05) is 0 Å². The van der Waals surface area contributed by atoms with Gasteiger partial charge in [0, 0.05) is 0 Å². The van der Waals surface area contributed by atoms with Crippen LogP contribution in [0.1, 0.15) is 32.6 Å². The molecule has 0 spiro atoms. The van der Waals surface area contributed by atoms with Crippen molar-refractivity contribution in [3.05, 3.63) is 41.2 Å². The Morgan fingerprint density at radius 3 is 2.05 bits per heavy atom. The Bertz CT molecular complexity index is 424. The molecule has 0 amide bonds. The summed E-state index contributed by atoms with van der Waals surface area (Å²) in [6.45, 7) is 14.7. The van der Waals surface area contributed by atoms with E-state index in [1.54, 1.807) is 10.4 Å². The van der Waals surface area contributed by atoms with Gasteiger partial charge < -0.3 is 0 Å². The number of hydrogen-bond acceptors (Lipinski definition) is 0. The molecule has 1 aromatic rings. The van der Waals surface area contributed by atoms with Crippen molar-refractivity contribution in [3.63, 3.8) is 0 Å². The summed E-state index contributed by atoms with van der Waals surface area (Å²) in [5.41, 5.74) is 2.70. The highest BCUT2D eigenvalue weighted by molar-refractivity contribution is 6.97. The molecule has 2 heteroatoms. The zero-order valence-electron chi connectivity index (χ0n) is 14.3. The second-order valence-corrected chi connectivity index (χ2v) is 17.0. The second kappa shape index (κ2) is 7.42. The molecule has 0 unspecified atom stereocenters. The summed E-state index contributed by atoms with van der Waals surface area (Å²) in [5.74, 6) is 0. The monoisotopic (exact) mass is 304 g/mol. The molecule has 0 saturated heterocycles. The minimum atomic E-state index is -1.47. The molecule has 0 aliphatic heterocycles. The molecule has 112 valence electrons. The largest absolute Gasteiger partial charge is 0.106 e. The standard InChI is InChI=1S/C18H32Si2/c1-7-8-10-15-18(16-19(2,3)4)20(5,6)17-13-11-9-12-14-17/h9,11-14,16H,7-8,10,15H2,1-6H3/b18-16+. The highest BCUT2D eigenvalue weighted by atomic mass is 28.3. The molecule has 1 rings (SSSR count). The van der Waals surface area contributed by atoms with Crippen LogP contribution < -0.4 is 5.19 Å². The molecule has 0 atom stereocenters. The van der Waals surface area contributed by atoms with E-state index >= 15 is 0 Å². The van der Waals surface area contributed by atoms with Crippen LogP contribution in [0.2, 0.25) is 32.7 Å². The molecule has 0 aliphatic carbocycles. The third-order valence-corrected chi connectivity index (χ3v) is 9.23. The summed E-state index contributed by atoms with van der Waals surface area (Å²) < 4.78 is 0. The third kappa shape index (κ3) is 5.41. The fourth-order valence-corrected chi connectivity index (χ4v) is 8.82. The second-order valence-electron chi connectivity index (χ2n) is 7.48. The van der Waals surface area contributed by atoms with E-state index in [0.717, 1.165) is 0 Å². The summed E-state index contributed by atoms with van der Waals surface area (Å²) in [4.78, 5) is 0. The van der Waals surface area contributed by atoms with Crippen LogP contribution in [0.3, 0.4) is 0 Å². The Kier molecular flexibility index (Phi) is 6.47. The number of unbranched alkanes of at least 4 members (excludes halogenated alkanes) is 2. The number of rotatable bonds is 7. The number of hydrogen-bond donors (Lipinski definition) is 0. The van der Waals surface area contributed by atoms with Crippen molar-refractivity contribution in [2.24, 2.45) is 0 Å². The molecule has 20 heavy (non-hydrogen) atoms. The van der Waals surface area contributed by atoms with E-state index in [1.807, 2.05) is 0 Å². The van der Waals surface area contributed by atoms with Crippen molar-refractivity contribution in [1.82, 2.24) is 0 Å². The first-order valence-corrected chi connectivity index (χ1v) is 14.6. The van der Waals surface area contributed by atoms with Gasteiger partial charge in [-0.15, -0.1) is 0 Å². The van der Waals surface area contributed by atoms with Crippen molar-refractivity contribution < 1.29 is 0 Å². The number of allylic oxidation sites excluding steroid dienone is 1. The van der Waals surface area contributed by atoms with Crippen molar-refractivity contribution in [1.29, 1.82) is 0 Å². The highest BCUT2D eigenvalue weighted by Gasteiger charge is 2.29. The van der Waals surface area contributed by atoms with Gasteiger partial charge in [-0.2, -0.15) is 0 Å². The average Bonchev–Trinajstić information content (AvgIpc) is 2.37. The molecule has 0 aromatic heterocycles. The zero-order valence-corrected chi connectivity index (χ0v) is 16.3. The summed E-state index contributed by atoms with van der Waals surface area (Å²) in [7, 11) is -2.62. The lowest BCUT2D eigenvalue weighted by molar-refractivity contribution is 0.723. The van der Waals surface area contributed by atoms with Gasteiger partial charge in [-0.3, -0.25) is 0 Å². The fourth-order valence-electron chi connectivity index (χ4n) is 2.69. The SMILES string of the molecule is CCCCC/C(=C\[Si](C)(C)C)[Si](C)(C)c1ccccc1. The van der Waals surface area contributed by atoms with Crippen LogP contribution in [0.5, 0.6) is 0 Å². The van der Waals surface area contributed by atoms with Crippen molar-refractivity contribution in [2.45, 2.75) is 65.3 Å². The van der Waals surface area contributed by atoms with Crippen molar-refractivity contribution in [3.8, 4) is 0 Å². The minimum absolute atomic E-state index is 1.15. The molecule has 0 heterocycles.